The van der Waals surface area contributed by atoms with Crippen molar-refractivity contribution in [1.82, 2.24) is 0 Å². The van der Waals surface area contributed by atoms with E-state index in [1.54, 1.807) is 6.08 Å². The lowest BCUT2D eigenvalue weighted by Gasteiger charge is -2.27. The highest BCUT2D eigenvalue weighted by molar-refractivity contribution is 5.96. The molecule has 0 aliphatic heterocycles. The van der Waals surface area contributed by atoms with Crippen LogP contribution in [0.15, 0.2) is 24.3 Å². The van der Waals surface area contributed by atoms with Gasteiger partial charge in [0, 0.05) is 11.8 Å². The van der Waals surface area contributed by atoms with Gasteiger partial charge in [0.05, 0.1) is 11.7 Å². The molecule has 0 radical (unpaired) electrons. The third-order valence-corrected chi connectivity index (χ3v) is 2.60. The predicted molar refractivity (Wildman–Crippen MR) is 54.9 cm³/mol. The average molecular weight is 192 g/mol. The fraction of sp³-hybridized carbons (Fsp3) is 0.583. The Balaban J connectivity index is 2.08. The number of rotatable bonds is 1. The van der Waals surface area contributed by atoms with E-state index in [4.69, 9.17) is 4.74 Å². The molecule has 76 valence electrons. The van der Waals surface area contributed by atoms with Crippen molar-refractivity contribution in [3.05, 3.63) is 24.3 Å². The maximum atomic E-state index is 11.4. The van der Waals surface area contributed by atoms with Crippen molar-refractivity contribution in [2.45, 2.75) is 32.5 Å². The van der Waals surface area contributed by atoms with Crippen LogP contribution in [0.5, 0.6) is 0 Å². The van der Waals surface area contributed by atoms with E-state index >= 15 is 0 Å². The maximum Gasteiger partial charge on any atom is 0.162 e. The van der Waals surface area contributed by atoms with Gasteiger partial charge in [-0.05, 0) is 26.8 Å². The summed E-state index contributed by atoms with van der Waals surface area (Å²) >= 11 is 0. The standard InChI is InChI=1S/C12H16O2/c1-12(2,3)14-11-7-5-8-9(11)4-6-10(8)13/h4-9,11H,1-3H3/t8-,9-,11-/m0/s1. The second-order valence-electron chi connectivity index (χ2n) is 4.94. The van der Waals surface area contributed by atoms with Crippen LogP contribution in [0, 0.1) is 11.8 Å². The Kier molecular flexibility index (Phi) is 2.11. The highest BCUT2D eigenvalue weighted by Crippen LogP contribution is 2.36. The van der Waals surface area contributed by atoms with Crippen LogP contribution in [0.4, 0.5) is 0 Å². The third kappa shape index (κ3) is 1.67. The number of hydrogen-bond acceptors (Lipinski definition) is 2. The zero-order valence-corrected chi connectivity index (χ0v) is 8.86. The monoisotopic (exact) mass is 192 g/mol. The molecule has 0 heterocycles. The van der Waals surface area contributed by atoms with Crippen LogP contribution in [-0.4, -0.2) is 17.5 Å². The predicted octanol–water partition coefficient (Wildman–Crippen LogP) is 2.11. The van der Waals surface area contributed by atoms with E-state index in [1.807, 2.05) is 39.0 Å². The molecule has 0 bridgehead atoms. The first kappa shape index (κ1) is 9.66. The topological polar surface area (TPSA) is 26.3 Å². The second-order valence-corrected chi connectivity index (χ2v) is 4.94. The Hall–Kier alpha value is -0.890. The van der Waals surface area contributed by atoms with Gasteiger partial charge < -0.3 is 4.74 Å². The zero-order valence-electron chi connectivity index (χ0n) is 8.86. The van der Waals surface area contributed by atoms with Gasteiger partial charge in [-0.25, -0.2) is 0 Å². The summed E-state index contributed by atoms with van der Waals surface area (Å²) < 4.78 is 5.87. The number of fused-ring (bicyclic) bond motifs is 1. The molecule has 0 aromatic heterocycles. The molecule has 0 saturated carbocycles. The molecule has 14 heavy (non-hydrogen) atoms. The van der Waals surface area contributed by atoms with Crippen molar-refractivity contribution in [2.24, 2.45) is 11.8 Å². The van der Waals surface area contributed by atoms with Gasteiger partial charge in [0.15, 0.2) is 5.78 Å². The van der Waals surface area contributed by atoms with E-state index < -0.39 is 0 Å². The Morgan fingerprint density at radius 3 is 2.57 bits per heavy atom. The summed E-state index contributed by atoms with van der Waals surface area (Å²) in [7, 11) is 0. The van der Waals surface area contributed by atoms with Gasteiger partial charge >= 0.3 is 0 Å². The first-order chi connectivity index (χ1) is 6.47. The van der Waals surface area contributed by atoms with Gasteiger partial charge in [0.1, 0.15) is 0 Å². The van der Waals surface area contributed by atoms with E-state index in [0.717, 1.165) is 0 Å². The summed E-state index contributed by atoms with van der Waals surface area (Å²) in [6, 6.07) is 0. The van der Waals surface area contributed by atoms with Crippen LogP contribution in [0.1, 0.15) is 20.8 Å². The van der Waals surface area contributed by atoms with Crippen LogP contribution in [0.3, 0.4) is 0 Å². The van der Waals surface area contributed by atoms with Gasteiger partial charge in [-0.1, -0.05) is 18.2 Å². The van der Waals surface area contributed by atoms with Crippen LogP contribution in [-0.2, 0) is 9.53 Å². The maximum absolute atomic E-state index is 11.4. The molecular weight excluding hydrogens is 176 g/mol. The lowest BCUT2D eigenvalue weighted by Crippen LogP contribution is -2.30. The number of carbonyl (C=O) groups excluding carboxylic acids is 1. The molecule has 0 N–H and O–H groups in total. The Morgan fingerprint density at radius 1 is 1.21 bits per heavy atom. The number of ether oxygens (including phenoxy) is 1. The number of allylic oxidation sites excluding steroid dienone is 2. The minimum absolute atomic E-state index is 0.0438. The van der Waals surface area contributed by atoms with E-state index in [0.29, 0.717) is 0 Å². The molecule has 2 aliphatic rings. The highest BCUT2D eigenvalue weighted by atomic mass is 16.5. The van der Waals surface area contributed by atoms with Gasteiger partial charge in [0.25, 0.3) is 0 Å². The SMILES string of the molecule is CC(C)(C)O[C@H]1C=C[C@@H]2C(=O)C=C[C@H]12. The van der Waals surface area contributed by atoms with E-state index in [1.165, 1.54) is 0 Å². The molecule has 0 fully saturated rings. The normalized spacial score (nSPS) is 35.4. The number of hydrogen-bond donors (Lipinski definition) is 0. The number of carbonyl (C=O) groups is 1. The van der Waals surface area contributed by atoms with E-state index in [9.17, 15) is 4.79 Å². The highest BCUT2D eigenvalue weighted by Gasteiger charge is 2.39. The van der Waals surface area contributed by atoms with Crippen molar-refractivity contribution in [2.75, 3.05) is 0 Å². The summed E-state index contributed by atoms with van der Waals surface area (Å²) in [6.07, 6.45) is 7.72. The number of ketones is 1. The molecule has 0 unspecified atom stereocenters. The lowest BCUT2D eigenvalue weighted by atomic mass is 9.97. The molecule has 0 spiro atoms. The van der Waals surface area contributed by atoms with Gasteiger partial charge in [-0.2, -0.15) is 0 Å². The molecule has 3 atom stereocenters. The molecule has 2 nitrogen and oxygen atoms in total. The summed E-state index contributed by atoms with van der Waals surface area (Å²) in [5.74, 6) is 0.496. The Labute approximate surface area is 84.6 Å². The zero-order chi connectivity index (χ0) is 10.3. The van der Waals surface area contributed by atoms with E-state index in [-0.39, 0.29) is 29.3 Å². The van der Waals surface area contributed by atoms with Crippen molar-refractivity contribution < 1.29 is 9.53 Å². The first-order valence-electron chi connectivity index (χ1n) is 5.05. The minimum Gasteiger partial charge on any atom is -0.368 e. The molecule has 0 aromatic rings. The summed E-state index contributed by atoms with van der Waals surface area (Å²) in [4.78, 5) is 11.4. The van der Waals surface area contributed by atoms with Gasteiger partial charge in [-0.3, -0.25) is 4.79 Å². The van der Waals surface area contributed by atoms with Crippen molar-refractivity contribution in [3.8, 4) is 0 Å². The summed E-state index contributed by atoms with van der Waals surface area (Å²) in [6.45, 7) is 6.11. The van der Waals surface area contributed by atoms with Crippen molar-refractivity contribution in [3.63, 3.8) is 0 Å². The molecule has 2 aliphatic carbocycles. The molecule has 2 rings (SSSR count). The average Bonchev–Trinajstić information content (AvgIpc) is 2.55. The lowest BCUT2D eigenvalue weighted by molar-refractivity contribution is -0.118. The summed E-state index contributed by atoms with van der Waals surface area (Å²) in [5.41, 5.74) is -0.149. The minimum atomic E-state index is -0.149. The van der Waals surface area contributed by atoms with Crippen LogP contribution in [0.25, 0.3) is 0 Å². The van der Waals surface area contributed by atoms with Crippen LogP contribution >= 0.6 is 0 Å². The first-order valence-corrected chi connectivity index (χ1v) is 5.05. The van der Waals surface area contributed by atoms with E-state index in [2.05, 4.69) is 0 Å². The van der Waals surface area contributed by atoms with Gasteiger partial charge in [-0.15, -0.1) is 0 Å². The fourth-order valence-corrected chi connectivity index (χ4v) is 2.05. The van der Waals surface area contributed by atoms with Crippen LogP contribution in [0.2, 0.25) is 0 Å². The van der Waals surface area contributed by atoms with Gasteiger partial charge in [0.2, 0.25) is 0 Å². The van der Waals surface area contributed by atoms with Crippen molar-refractivity contribution in [1.29, 1.82) is 0 Å². The molecule has 0 amide bonds. The molecular formula is C12H16O2. The molecule has 2 heteroatoms. The molecule has 0 aromatic carbocycles. The smallest absolute Gasteiger partial charge is 0.162 e. The quantitative estimate of drug-likeness (QED) is 0.595. The van der Waals surface area contributed by atoms with Crippen LogP contribution < -0.4 is 0 Å². The largest absolute Gasteiger partial charge is 0.368 e. The Morgan fingerprint density at radius 2 is 1.93 bits per heavy atom. The third-order valence-electron chi connectivity index (χ3n) is 2.60. The second kappa shape index (κ2) is 3.06. The molecule has 0 saturated heterocycles. The Bertz CT molecular complexity index is 307. The fourth-order valence-electron chi connectivity index (χ4n) is 2.05. The summed E-state index contributed by atoms with van der Waals surface area (Å²) in [5, 5.41) is 0. The van der Waals surface area contributed by atoms with Crippen molar-refractivity contribution >= 4 is 5.78 Å².